The van der Waals surface area contributed by atoms with Crippen molar-refractivity contribution in [2.75, 3.05) is 25.0 Å². The van der Waals surface area contributed by atoms with Crippen LogP contribution in [0.15, 0.2) is 30.6 Å². The lowest BCUT2D eigenvalue weighted by Crippen LogP contribution is -2.27. The molecule has 0 amide bonds. The van der Waals surface area contributed by atoms with Crippen molar-refractivity contribution in [3.63, 3.8) is 0 Å². The molecular weight excluding hydrogens is 262 g/mol. The average Bonchev–Trinajstić information content (AvgIpc) is 2.99. The van der Waals surface area contributed by atoms with Crippen LogP contribution in [0.4, 0.5) is 5.82 Å². The third kappa shape index (κ3) is 2.53. The van der Waals surface area contributed by atoms with E-state index in [-0.39, 0.29) is 0 Å². The fourth-order valence-electron chi connectivity index (χ4n) is 3.40. The molecule has 4 heterocycles. The summed E-state index contributed by atoms with van der Waals surface area (Å²) < 4.78 is 2.14. The summed E-state index contributed by atoms with van der Waals surface area (Å²) in [5, 5.41) is 11.8. The first-order valence-corrected chi connectivity index (χ1v) is 7.82. The van der Waals surface area contributed by atoms with Crippen molar-refractivity contribution in [3.8, 4) is 0 Å². The van der Waals surface area contributed by atoms with Gasteiger partial charge in [0.05, 0.1) is 12.2 Å². The van der Waals surface area contributed by atoms with Gasteiger partial charge in [0.25, 0.3) is 0 Å². The number of hydrogen-bond donors (Lipinski definition) is 2. The molecule has 5 nitrogen and oxygen atoms in total. The minimum absolute atomic E-state index is 0.473. The second-order valence-corrected chi connectivity index (χ2v) is 6.02. The minimum atomic E-state index is 0.473. The van der Waals surface area contributed by atoms with Crippen LogP contribution in [-0.4, -0.2) is 34.4 Å². The number of nitrogens with one attached hydrogen (secondary N) is 2. The van der Waals surface area contributed by atoms with Gasteiger partial charge in [-0.3, -0.25) is 4.98 Å². The number of piperidine rings is 1. The minimum Gasteiger partial charge on any atom is -0.370 e. The maximum absolute atomic E-state index is 4.86. The lowest BCUT2D eigenvalue weighted by atomic mass is 9.95. The van der Waals surface area contributed by atoms with Crippen LogP contribution in [0.3, 0.4) is 0 Å². The third-order valence-corrected chi connectivity index (χ3v) is 4.66. The molecule has 0 bridgehead atoms. The predicted molar refractivity (Wildman–Crippen MR) is 82.5 cm³/mol. The molecule has 2 aliphatic heterocycles. The van der Waals surface area contributed by atoms with Crippen molar-refractivity contribution in [2.45, 2.75) is 31.2 Å². The molecule has 1 unspecified atom stereocenters. The van der Waals surface area contributed by atoms with Gasteiger partial charge in [0.1, 0.15) is 5.82 Å². The molecule has 5 heteroatoms. The van der Waals surface area contributed by atoms with Crippen LogP contribution < -0.4 is 10.6 Å². The number of nitrogens with zero attached hydrogens (tertiary/aromatic N) is 3. The molecule has 2 N–H and O–H groups in total. The third-order valence-electron chi connectivity index (χ3n) is 4.66. The second kappa shape index (κ2) is 5.48. The highest BCUT2D eigenvalue weighted by Gasteiger charge is 2.24. The molecule has 2 aliphatic rings. The van der Waals surface area contributed by atoms with E-state index in [1.807, 2.05) is 12.4 Å². The number of anilines is 1. The number of pyridine rings is 1. The molecule has 0 spiro atoms. The lowest BCUT2D eigenvalue weighted by Gasteiger charge is -2.25. The van der Waals surface area contributed by atoms with E-state index < -0.39 is 0 Å². The van der Waals surface area contributed by atoms with Gasteiger partial charge in [-0.15, -0.1) is 0 Å². The summed E-state index contributed by atoms with van der Waals surface area (Å²) >= 11 is 0. The summed E-state index contributed by atoms with van der Waals surface area (Å²) in [7, 11) is 0. The Balaban J connectivity index is 1.54. The molecule has 1 atom stereocenters. The SMILES string of the molecule is c1cc(C2CNc3cc(C4CCNCC4)nn3C2)ccn1. The van der Waals surface area contributed by atoms with Gasteiger partial charge >= 0.3 is 0 Å². The van der Waals surface area contributed by atoms with Gasteiger partial charge < -0.3 is 10.6 Å². The molecular formula is C16H21N5. The van der Waals surface area contributed by atoms with E-state index in [9.17, 15) is 0 Å². The van der Waals surface area contributed by atoms with Gasteiger partial charge in [-0.2, -0.15) is 5.10 Å². The van der Waals surface area contributed by atoms with Crippen molar-refractivity contribution >= 4 is 5.82 Å². The number of hydrogen-bond acceptors (Lipinski definition) is 4. The Morgan fingerprint density at radius 3 is 2.71 bits per heavy atom. The highest BCUT2D eigenvalue weighted by molar-refractivity contribution is 5.41. The smallest absolute Gasteiger partial charge is 0.124 e. The predicted octanol–water partition coefficient (Wildman–Crippen LogP) is 1.95. The highest BCUT2D eigenvalue weighted by Crippen LogP contribution is 2.30. The zero-order chi connectivity index (χ0) is 14.1. The molecule has 1 saturated heterocycles. The fraction of sp³-hybridized carbons (Fsp3) is 0.500. The van der Waals surface area contributed by atoms with Crippen LogP contribution in [-0.2, 0) is 6.54 Å². The normalized spacial score (nSPS) is 22.6. The summed E-state index contributed by atoms with van der Waals surface area (Å²) in [5.74, 6) is 2.26. The first-order chi connectivity index (χ1) is 10.4. The van der Waals surface area contributed by atoms with Crippen LogP contribution in [0.5, 0.6) is 0 Å². The quantitative estimate of drug-likeness (QED) is 0.884. The molecule has 4 rings (SSSR count). The first-order valence-electron chi connectivity index (χ1n) is 7.82. The van der Waals surface area contributed by atoms with Crippen LogP contribution in [0.2, 0.25) is 0 Å². The van der Waals surface area contributed by atoms with Crippen molar-refractivity contribution in [1.82, 2.24) is 20.1 Å². The van der Waals surface area contributed by atoms with Gasteiger partial charge in [-0.05, 0) is 43.6 Å². The van der Waals surface area contributed by atoms with Crippen LogP contribution in [0.25, 0.3) is 0 Å². The Bertz CT molecular complexity index is 600. The van der Waals surface area contributed by atoms with E-state index in [2.05, 4.69) is 38.5 Å². The van der Waals surface area contributed by atoms with Crippen molar-refractivity contribution in [2.24, 2.45) is 0 Å². The monoisotopic (exact) mass is 283 g/mol. The number of fused-ring (bicyclic) bond motifs is 1. The Kier molecular flexibility index (Phi) is 3.35. The maximum atomic E-state index is 4.86. The fourth-order valence-corrected chi connectivity index (χ4v) is 3.40. The van der Waals surface area contributed by atoms with Crippen LogP contribution >= 0.6 is 0 Å². The number of rotatable bonds is 2. The Hall–Kier alpha value is -1.88. The Labute approximate surface area is 124 Å². The molecule has 0 aromatic carbocycles. The first kappa shape index (κ1) is 12.8. The van der Waals surface area contributed by atoms with E-state index in [0.717, 1.165) is 26.2 Å². The lowest BCUT2D eigenvalue weighted by molar-refractivity contribution is 0.441. The average molecular weight is 283 g/mol. The second-order valence-electron chi connectivity index (χ2n) is 6.02. The van der Waals surface area contributed by atoms with Gasteiger partial charge in [-0.25, -0.2) is 4.68 Å². The van der Waals surface area contributed by atoms with E-state index >= 15 is 0 Å². The molecule has 2 aromatic heterocycles. The largest absolute Gasteiger partial charge is 0.370 e. The van der Waals surface area contributed by atoms with Crippen LogP contribution in [0.1, 0.15) is 35.9 Å². The molecule has 110 valence electrons. The van der Waals surface area contributed by atoms with Crippen LogP contribution in [0, 0.1) is 0 Å². The van der Waals surface area contributed by atoms with Gasteiger partial charge in [0.2, 0.25) is 0 Å². The maximum Gasteiger partial charge on any atom is 0.124 e. The van der Waals surface area contributed by atoms with E-state index in [0.29, 0.717) is 11.8 Å². The van der Waals surface area contributed by atoms with Crippen molar-refractivity contribution < 1.29 is 0 Å². The van der Waals surface area contributed by atoms with E-state index in [1.54, 1.807) is 0 Å². The van der Waals surface area contributed by atoms with E-state index in [1.165, 1.54) is 29.9 Å². The topological polar surface area (TPSA) is 54.8 Å². The van der Waals surface area contributed by atoms with E-state index in [4.69, 9.17) is 5.10 Å². The standard InChI is InChI=1S/C16H21N5/c1-5-17-6-2-12(1)14-10-19-16-9-15(20-21(16)11-14)13-3-7-18-8-4-13/h1-2,5-6,9,13-14,18-19H,3-4,7-8,10-11H2. The van der Waals surface area contributed by atoms with Gasteiger partial charge in [-0.1, -0.05) is 0 Å². The summed E-state index contributed by atoms with van der Waals surface area (Å²) in [5.41, 5.74) is 2.59. The summed E-state index contributed by atoms with van der Waals surface area (Å²) in [6.45, 7) is 4.15. The summed E-state index contributed by atoms with van der Waals surface area (Å²) in [6.07, 6.45) is 6.14. The molecule has 2 aromatic rings. The Morgan fingerprint density at radius 1 is 1.10 bits per heavy atom. The highest BCUT2D eigenvalue weighted by atomic mass is 15.3. The summed E-state index contributed by atoms with van der Waals surface area (Å²) in [4.78, 5) is 4.10. The molecule has 1 fully saturated rings. The van der Waals surface area contributed by atoms with Gasteiger partial charge in [0.15, 0.2) is 0 Å². The molecule has 21 heavy (non-hydrogen) atoms. The molecule has 0 saturated carbocycles. The zero-order valence-corrected chi connectivity index (χ0v) is 12.1. The van der Waals surface area contributed by atoms with Crippen molar-refractivity contribution in [3.05, 3.63) is 41.9 Å². The number of aromatic nitrogens is 3. The summed E-state index contributed by atoms with van der Waals surface area (Å²) in [6, 6.07) is 6.46. The van der Waals surface area contributed by atoms with Gasteiger partial charge in [0, 0.05) is 36.8 Å². The zero-order valence-electron chi connectivity index (χ0n) is 12.1. The van der Waals surface area contributed by atoms with Crippen molar-refractivity contribution in [1.29, 1.82) is 0 Å². The Morgan fingerprint density at radius 2 is 1.90 bits per heavy atom. The molecule has 0 aliphatic carbocycles. The molecule has 0 radical (unpaired) electrons.